The van der Waals surface area contributed by atoms with E-state index in [1.807, 2.05) is 74.6 Å². The molecule has 2 amide bonds. The minimum Gasteiger partial charge on any atom is -0.331 e. The van der Waals surface area contributed by atoms with Crippen molar-refractivity contribution < 1.29 is 14.9 Å². The van der Waals surface area contributed by atoms with Crippen molar-refractivity contribution in [3.05, 3.63) is 64.7 Å². The number of likely N-dealkylation sites (N-methyl/N-ethyl adjacent to an activating group) is 1. The molecule has 3 N–H and O–H groups in total. The Morgan fingerprint density at radius 1 is 1.07 bits per heavy atom. The molecule has 0 aliphatic carbocycles. The highest BCUT2D eigenvalue weighted by Crippen LogP contribution is 2.13. The van der Waals surface area contributed by atoms with Gasteiger partial charge in [-0.3, -0.25) is 9.59 Å². The maximum atomic E-state index is 12.6. The lowest BCUT2D eigenvalue weighted by Crippen LogP contribution is -2.92. The zero-order valence-corrected chi connectivity index (χ0v) is 17.0. The second kappa shape index (κ2) is 9.53. The molecule has 0 saturated heterocycles. The van der Waals surface area contributed by atoms with Gasteiger partial charge in [-0.25, -0.2) is 0 Å². The molecule has 2 aromatic rings. The van der Waals surface area contributed by atoms with E-state index in [0.29, 0.717) is 5.02 Å². The van der Waals surface area contributed by atoms with Crippen molar-refractivity contribution in [3.8, 4) is 0 Å². The third kappa shape index (κ3) is 6.38. The molecule has 0 heterocycles. The summed E-state index contributed by atoms with van der Waals surface area (Å²) in [5.74, 6) is -0.303. The lowest BCUT2D eigenvalue weighted by atomic mass is 10.1. The van der Waals surface area contributed by atoms with Crippen LogP contribution in [0.4, 0.5) is 5.69 Å². The van der Waals surface area contributed by atoms with Crippen LogP contribution in [-0.4, -0.2) is 36.3 Å². The Balaban J connectivity index is 1.86. The summed E-state index contributed by atoms with van der Waals surface area (Å²) < 4.78 is 0. The number of amides is 2. The molecule has 0 aromatic heterocycles. The highest BCUT2D eigenvalue weighted by atomic mass is 35.5. The van der Waals surface area contributed by atoms with E-state index in [1.165, 1.54) is 4.90 Å². The van der Waals surface area contributed by atoms with E-state index >= 15 is 0 Å². The van der Waals surface area contributed by atoms with Gasteiger partial charge in [-0.15, -0.1) is 0 Å². The van der Waals surface area contributed by atoms with Crippen molar-refractivity contribution in [2.75, 3.05) is 18.9 Å². The molecule has 6 heteroatoms. The number of nitrogens with one attached hydrogen (secondary N) is 1. The topological polar surface area (TPSA) is 66.0 Å². The van der Waals surface area contributed by atoms with E-state index in [1.54, 1.807) is 7.05 Å². The summed E-state index contributed by atoms with van der Waals surface area (Å²) in [4.78, 5) is 26.2. The summed E-state index contributed by atoms with van der Waals surface area (Å²) in [6, 6.07) is 15.0. The van der Waals surface area contributed by atoms with Crippen molar-refractivity contribution in [3.63, 3.8) is 0 Å². The number of nitrogens with zero attached hydrogens (tertiary/aromatic N) is 1. The maximum Gasteiger partial charge on any atom is 0.280 e. The normalized spacial score (nSPS) is 12.9. The number of halogens is 1. The molecule has 2 rings (SSSR count). The summed E-state index contributed by atoms with van der Waals surface area (Å²) in [5, 5.41) is 5.49. The first-order chi connectivity index (χ1) is 12.8. The summed E-state index contributed by atoms with van der Waals surface area (Å²) in [6.07, 6.45) is 0. The summed E-state index contributed by atoms with van der Waals surface area (Å²) in [7, 11) is 1.65. The summed E-state index contributed by atoms with van der Waals surface area (Å²) >= 11 is 5.92. The van der Waals surface area contributed by atoms with E-state index in [2.05, 4.69) is 5.32 Å². The molecule has 0 spiro atoms. The minimum absolute atomic E-state index is 0.0141. The minimum atomic E-state index is -0.298. The fourth-order valence-electron chi connectivity index (χ4n) is 2.87. The smallest absolute Gasteiger partial charge is 0.280 e. The molecular formula is C21H27ClN3O2+. The summed E-state index contributed by atoms with van der Waals surface area (Å²) in [6.45, 7) is 5.89. The molecule has 0 saturated carbocycles. The van der Waals surface area contributed by atoms with E-state index in [4.69, 9.17) is 11.6 Å². The second-order valence-electron chi connectivity index (χ2n) is 6.93. The highest BCUT2D eigenvalue weighted by Gasteiger charge is 2.24. The van der Waals surface area contributed by atoms with Gasteiger partial charge in [0, 0.05) is 23.3 Å². The number of carbonyl (C=O) groups is 2. The molecular weight excluding hydrogens is 362 g/mol. The van der Waals surface area contributed by atoms with Gasteiger partial charge in [0.25, 0.3) is 5.91 Å². The molecule has 0 radical (unpaired) electrons. The Kier molecular flexibility index (Phi) is 7.39. The van der Waals surface area contributed by atoms with Gasteiger partial charge in [0.05, 0.1) is 6.54 Å². The number of hydrogen-bond donors (Lipinski definition) is 2. The molecule has 0 unspecified atom stereocenters. The van der Waals surface area contributed by atoms with Crippen molar-refractivity contribution in [1.29, 1.82) is 0 Å². The first-order valence-electron chi connectivity index (χ1n) is 8.98. The average molecular weight is 389 g/mol. The van der Waals surface area contributed by atoms with Gasteiger partial charge < -0.3 is 15.5 Å². The van der Waals surface area contributed by atoms with Gasteiger partial charge in [0.15, 0.2) is 6.04 Å². The Hall–Kier alpha value is -2.37. The number of rotatable bonds is 7. The molecule has 0 aliphatic heterocycles. The van der Waals surface area contributed by atoms with E-state index in [9.17, 15) is 9.59 Å². The van der Waals surface area contributed by atoms with E-state index < -0.39 is 0 Å². The van der Waals surface area contributed by atoms with E-state index in [0.717, 1.165) is 16.8 Å². The maximum absolute atomic E-state index is 12.6. The van der Waals surface area contributed by atoms with Crippen LogP contribution in [0, 0.1) is 6.92 Å². The fraction of sp³-hybridized carbons (Fsp3) is 0.333. The number of anilines is 1. The number of hydrogen-bond acceptors (Lipinski definition) is 2. The van der Waals surface area contributed by atoms with Gasteiger partial charge in [-0.1, -0.05) is 41.4 Å². The third-order valence-electron chi connectivity index (χ3n) is 4.45. The first-order valence-corrected chi connectivity index (χ1v) is 9.36. The average Bonchev–Trinajstić information content (AvgIpc) is 2.63. The zero-order valence-electron chi connectivity index (χ0n) is 16.2. The monoisotopic (exact) mass is 388 g/mol. The van der Waals surface area contributed by atoms with Gasteiger partial charge in [-0.05, 0) is 45.0 Å². The lowest BCUT2D eigenvalue weighted by Gasteiger charge is -2.22. The quantitative estimate of drug-likeness (QED) is 0.765. The molecule has 0 fully saturated rings. The van der Waals surface area contributed by atoms with Crippen LogP contribution in [0.2, 0.25) is 5.02 Å². The molecule has 27 heavy (non-hydrogen) atoms. The second-order valence-corrected chi connectivity index (χ2v) is 7.37. The van der Waals surface area contributed by atoms with Crippen LogP contribution >= 0.6 is 11.6 Å². The highest BCUT2D eigenvalue weighted by molar-refractivity contribution is 6.30. The van der Waals surface area contributed by atoms with Crippen LogP contribution in [0.1, 0.15) is 31.0 Å². The van der Waals surface area contributed by atoms with Crippen LogP contribution in [0.15, 0.2) is 48.5 Å². The van der Waals surface area contributed by atoms with Crippen LogP contribution in [0.3, 0.4) is 0 Å². The zero-order chi connectivity index (χ0) is 20.0. The Labute approximate surface area is 165 Å². The van der Waals surface area contributed by atoms with Crippen LogP contribution in [0.5, 0.6) is 0 Å². The third-order valence-corrected chi connectivity index (χ3v) is 4.71. The van der Waals surface area contributed by atoms with Gasteiger partial charge in [0.2, 0.25) is 5.91 Å². The van der Waals surface area contributed by atoms with Crippen molar-refractivity contribution in [2.45, 2.75) is 32.9 Å². The number of aryl methyl sites for hydroxylation is 1. The van der Waals surface area contributed by atoms with Crippen LogP contribution < -0.4 is 10.6 Å². The summed E-state index contributed by atoms with van der Waals surface area (Å²) in [5.41, 5.74) is 2.95. The number of nitrogens with two attached hydrogens (primary N) is 1. The number of carbonyl (C=O) groups excluding carboxylic acids is 2. The Morgan fingerprint density at radius 2 is 1.67 bits per heavy atom. The molecule has 0 aliphatic rings. The van der Waals surface area contributed by atoms with Crippen molar-refractivity contribution >= 4 is 29.1 Å². The predicted molar refractivity (Wildman–Crippen MR) is 109 cm³/mol. The fourth-order valence-corrected chi connectivity index (χ4v) is 3.00. The molecule has 0 bridgehead atoms. The van der Waals surface area contributed by atoms with Crippen molar-refractivity contribution in [1.82, 2.24) is 4.90 Å². The molecule has 2 aromatic carbocycles. The Morgan fingerprint density at radius 3 is 2.26 bits per heavy atom. The van der Waals surface area contributed by atoms with Gasteiger partial charge in [-0.2, -0.15) is 0 Å². The van der Waals surface area contributed by atoms with Gasteiger partial charge in [0.1, 0.15) is 6.04 Å². The predicted octanol–water partition coefficient (Wildman–Crippen LogP) is 2.76. The van der Waals surface area contributed by atoms with Gasteiger partial charge >= 0.3 is 0 Å². The molecule has 144 valence electrons. The number of quaternary nitrogens is 1. The van der Waals surface area contributed by atoms with Crippen LogP contribution in [0.25, 0.3) is 0 Å². The molecule has 2 atom stereocenters. The SMILES string of the molecule is Cc1ccc(NC(=O)CN(C)C(=O)[C@@H](C)[NH2+][C@H](C)c2ccc(Cl)cc2)cc1. The largest absolute Gasteiger partial charge is 0.331 e. The standard InChI is InChI=1S/C21H26ClN3O2/c1-14-5-11-19(12-6-14)24-20(26)13-25(4)21(27)16(3)23-15(2)17-7-9-18(22)10-8-17/h5-12,15-16,23H,13H2,1-4H3,(H,24,26)/p+1/t15-,16-/m1/s1. The molecule has 5 nitrogen and oxygen atoms in total. The van der Waals surface area contributed by atoms with E-state index in [-0.39, 0.29) is 30.4 Å². The lowest BCUT2D eigenvalue weighted by molar-refractivity contribution is -0.710. The first kappa shape index (κ1) is 20.9. The Bertz CT molecular complexity index is 775. The van der Waals surface area contributed by atoms with Crippen LogP contribution in [-0.2, 0) is 9.59 Å². The van der Waals surface area contributed by atoms with Crippen molar-refractivity contribution in [2.24, 2.45) is 0 Å². The number of benzene rings is 2.